The maximum atomic E-state index is 13.0. The van der Waals surface area contributed by atoms with Crippen molar-refractivity contribution in [3.05, 3.63) is 63.1 Å². The smallest absolute Gasteiger partial charge is 0.270 e. The van der Waals surface area contributed by atoms with Gasteiger partial charge in [-0.2, -0.15) is 0 Å². The first-order valence-electron chi connectivity index (χ1n) is 8.14. The van der Waals surface area contributed by atoms with E-state index in [2.05, 4.69) is 21.2 Å². The van der Waals surface area contributed by atoms with Gasteiger partial charge < -0.3 is 4.74 Å². The maximum absolute atomic E-state index is 13.0. The summed E-state index contributed by atoms with van der Waals surface area (Å²) >= 11 is 8.64. The number of aryl methyl sites for hydroxylation is 2. The van der Waals surface area contributed by atoms with Crippen LogP contribution in [0.15, 0.2) is 46.4 Å². The lowest BCUT2D eigenvalue weighted by molar-refractivity contribution is -0.122. The van der Waals surface area contributed by atoms with E-state index in [-0.39, 0.29) is 10.7 Å². The third-order valence-corrected chi connectivity index (χ3v) is 5.24. The molecule has 0 radical (unpaired) electrons. The van der Waals surface area contributed by atoms with Gasteiger partial charge >= 0.3 is 0 Å². The van der Waals surface area contributed by atoms with Crippen molar-refractivity contribution < 1.29 is 14.3 Å². The summed E-state index contributed by atoms with van der Waals surface area (Å²) in [5.41, 5.74) is 3.46. The van der Waals surface area contributed by atoms with E-state index in [9.17, 15) is 9.59 Å². The van der Waals surface area contributed by atoms with Gasteiger partial charge in [0.25, 0.3) is 11.8 Å². The van der Waals surface area contributed by atoms with Crippen molar-refractivity contribution in [2.24, 2.45) is 0 Å². The molecule has 5 nitrogen and oxygen atoms in total. The Morgan fingerprint density at radius 2 is 1.85 bits per heavy atom. The number of nitrogens with one attached hydrogen (secondary N) is 1. The monoisotopic (exact) mass is 444 g/mol. The van der Waals surface area contributed by atoms with Gasteiger partial charge in [-0.05, 0) is 89.0 Å². The van der Waals surface area contributed by atoms with Crippen LogP contribution in [0.25, 0.3) is 6.08 Å². The zero-order chi connectivity index (χ0) is 19.7. The first-order chi connectivity index (χ1) is 12.8. The molecule has 7 heteroatoms. The number of ether oxygens (including phenoxy) is 1. The zero-order valence-electron chi connectivity index (χ0n) is 15.0. The number of benzene rings is 2. The first-order valence-corrected chi connectivity index (χ1v) is 9.34. The van der Waals surface area contributed by atoms with Gasteiger partial charge in [0.15, 0.2) is 5.11 Å². The minimum atomic E-state index is -0.517. The topological polar surface area (TPSA) is 58.6 Å². The van der Waals surface area contributed by atoms with Crippen LogP contribution in [0, 0.1) is 13.8 Å². The minimum absolute atomic E-state index is 0.0129. The lowest BCUT2D eigenvalue weighted by atomic mass is 10.1. The molecule has 1 heterocycles. The molecule has 3 rings (SSSR count). The van der Waals surface area contributed by atoms with Crippen LogP contribution in [-0.4, -0.2) is 24.0 Å². The highest BCUT2D eigenvalue weighted by Crippen LogP contribution is 2.28. The number of nitrogens with zero attached hydrogens (tertiary/aromatic N) is 1. The van der Waals surface area contributed by atoms with Crippen LogP contribution >= 0.6 is 28.1 Å². The third kappa shape index (κ3) is 3.79. The second kappa shape index (κ2) is 7.62. The van der Waals surface area contributed by atoms with E-state index in [0.717, 1.165) is 15.6 Å². The fourth-order valence-corrected chi connectivity index (χ4v) is 3.54. The van der Waals surface area contributed by atoms with Crippen molar-refractivity contribution in [1.82, 2.24) is 5.32 Å². The molecule has 0 atom stereocenters. The Balaban J connectivity index is 2.01. The zero-order valence-corrected chi connectivity index (χ0v) is 17.4. The number of carbonyl (C=O) groups excluding carboxylic acids is 2. The predicted molar refractivity (Wildman–Crippen MR) is 113 cm³/mol. The Morgan fingerprint density at radius 1 is 1.11 bits per heavy atom. The molecule has 138 valence electrons. The molecule has 1 N–H and O–H groups in total. The number of amides is 2. The molecule has 0 bridgehead atoms. The SMILES string of the molecule is COc1ccc(/C=C2\C(=O)NC(=S)N(c3ccc(C)c(C)c3)C2=O)cc1Br. The van der Waals surface area contributed by atoms with E-state index < -0.39 is 11.8 Å². The van der Waals surface area contributed by atoms with E-state index in [4.69, 9.17) is 17.0 Å². The third-order valence-electron chi connectivity index (χ3n) is 4.34. The summed E-state index contributed by atoms with van der Waals surface area (Å²) in [6.45, 7) is 3.95. The number of hydrogen-bond acceptors (Lipinski definition) is 4. The summed E-state index contributed by atoms with van der Waals surface area (Å²) in [5.74, 6) is -0.314. The van der Waals surface area contributed by atoms with Crippen molar-refractivity contribution in [3.8, 4) is 5.75 Å². The Morgan fingerprint density at radius 3 is 2.48 bits per heavy atom. The van der Waals surface area contributed by atoms with Crippen LogP contribution < -0.4 is 15.0 Å². The van der Waals surface area contributed by atoms with Crippen LogP contribution in [0.5, 0.6) is 5.75 Å². The number of hydrogen-bond donors (Lipinski definition) is 1. The Hall–Kier alpha value is -2.51. The Bertz CT molecular complexity index is 1000. The standard InChI is InChI=1S/C20H17BrN2O3S/c1-11-4-6-14(8-12(11)2)23-19(25)15(18(24)22-20(23)27)9-13-5-7-17(26-3)16(21)10-13/h4-10H,1-3H3,(H,22,24,27)/b15-9+. The molecule has 2 amide bonds. The molecule has 0 unspecified atom stereocenters. The number of anilines is 1. The first kappa shape index (κ1) is 19.3. The maximum Gasteiger partial charge on any atom is 0.270 e. The normalized spacial score (nSPS) is 15.9. The number of methoxy groups -OCH3 is 1. The lowest BCUT2D eigenvalue weighted by Gasteiger charge is -2.29. The van der Waals surface area contributed by atoms with Crippen molar-refractivity contribution >= 4 is 56.8 Å². The predicted octanol–water partition coefficient (Wildman–Crippen LogP) is 3.91. The van der Waals surface area contributed by atoms with E-state index in [1.54, 1.807) is 25.3 Å². The summed E-state index contributed by atoms with van der Waals surface area (Å²) in [6, 6.07) is 10.9. The highest BCUT2D eigenvalue weighted by molar-refractivity contribution is 9.10. The molecule has 1 aliphatic heterocycles. The van der Waals surface area contributed by atoms with Gasteiger partial charge in [-0.1, -0.05) is 12.1 Å². The van der Waals surface area contributed by atoms with Crippen molar-refractivity contribution in [1.29, 1.82) is 0 Å². The molecule has 1 fully saturated rings. The molecule has 1 saturated heterocycles. The summed E-state index contributed by atoms with van der Waals surface area (Å²) in [4.78, 5) is 26.7. The van der Waals surface area contributed by atoms with Gasteiger partial charge in [0, 0.05) is 0 Å². The van der Waals surface area contributed by atoms with Crippen LogP contribution in [0.2, 0.25) is 0 Å². The van der Waals surface area contributed by atoms with Gasteiger partial charge in [0.1, 0.15) is 11.3 Å². The van der Waals surface area contributed by atoms with E-state index in [1.165, 1.54) is 11.0 Å². The second-order valence-corrected chi connectivity index (χ2v) is 7.36. The van der Waals surface area contributed by atoms with Gasteiger partial charge in [0.2, 0.25) is 0 Å². The lowest BCUT2D eigenvalue weighted by Crippen LogP contribution is -2.54. The average Bonchev–Trinajstić information content (AvgIpc) is 2.61. The van der Waals surface area contributed by atoms with E-state index >= 15 is 0 Å². The van der Waals surface area contributed by atoms with Gasteiger partial charge in [-0.3, -0.25) is 19.8 Å². The van der Waals surface area contributed by atoms with Crippen LogP contribution in [-0.2, 0) is 9.59 Å². The molecule has 0 saturated carbocycles. The Kier molecular flexibility index (Phi) is 5.43. The number of carbonyl (C=O) groups is 2. The number of halogens is 1. The van der Waals surface area contributed by atoms with Crippen molar-refractivity contribution in [3.63, 3.8) is 0 Å². The average molecular weight is 445 g/mol. The van der Waals surface area contributed by atoms with Gasteiger partial charge in [-0.15, -0.1) is 0 Å². The fraction of sp³-hybridized carbons (Fsp3) is 0.150. The van der Waals surface area contributed by atoms with Gasteiger partial charge in [-0.25, -0.2) is 0 Å². The van der Waals surface area contributed by atoms with E-state index in [1.807, 2.05) is 32.0 Å². The van der Waals surface area contributed by atoms with Gasteiger partial charge in [0.05, 0.1) is 17.3 Å². The number of thiocarbonyl (C=S) groups is 1. The van der Waals surface area contributed by atoms with Crippen molar-refractivity contribution in [2.45, 2.75) is 13.8 Å². The fourth-order valence-electron chi connectivity index (χ4n) is 2.70. The summed E-state index contributed by atoms with van der Waals surface area (Å²) in [5, 5.41) is 2.66. The highest BCUT2D eigenvalue weighted by atomic mass is 79.9. The highest BCUT2D eigenvalue weighted by Gasteiger charge is 2.34. The molecule has 2 aromatic rings. The van der Waals surface area contributed by atoms with Crippen LogP contribution in [0.3, 0.4) is 0 Å². The summed E-state index contributed by atoms with van der Waals surface area (Å²) < 4.78 is 5.93. The quantitative estimate of drug-likeness (QED) is 0.442. The van der Waals surface area contributed by atoms with Crippen LogP contribution in [0.4, 0.5) is 5.69 Å². The second-order valence-electron chi connectivity index (χ2n) is 6.12. The number of rotatable bonds is 3. The Labute approximate surface area is 171 Å². The summed E-state index contributed by atoms with van der Waals surface area (Å²) in [7, 11) is 1.57. The molecule has 0 aliphatic carbocycles. The molecular formula is C20H17BrN2O3S. The molecule has 27 heavy (non-hydrogen) atoms. The van der Waals surface area contributed by atoms with Crippen molar-refractivity contribution in [2.75, 3.05) is 12.0 Å². The largest absolute Gasteiger partial charge is 0.496 e. The molecule has 2 aromatic carbocycles. The minimum Gasteiger partial charge on any atom is -0.496 e. The summed E-state index contributed by atoms with van der Waals surface area (Å²) in [6.07, 6.45) is 1.54. The molecule has 0 spiro atoms. The van der Waals surface area contributed by atoms with E-state index in [0.29, 0.717) is 17.0 Å². The molecular weight excluding hydrogens is 428 g/mol. The molecule has 1 aliphatic rings. The van der Waals surface area contributed by atoms with Crippen LogP contribution in [0.1, 0.15) is 16.7 Å². The molecule has 0 aromatic heterocycles.